The van der Waals surface area contributed by atoms with Crippen molar-refractivity contribution in [3.63, 3.8) is 0 Å². The first kappa shape index (κ1) is 18.2. The van der Waals surface area contributed by atoms with Crippen LogP contribution in [0.5, 0.6) is 0 Å². The van der Waals surface area contributed by atoms with E-state index in [0.717, 1.165) is 24.2 Å². The minimum atomic E-state index is -3.42. The quantitative estimate of drug-likeness (QED) is 0.817. The molecule has 1 aliphatic rings. The van der Waals surface area contributed by atoms with Gasteiger partial charge in [-0.2, -0.15) is 4.31 Å². The highest BCUT2D eigenvalue weighted by atomic mass is 32.2. The van der Waals surface area contributed by atoms with Gasteiger partial charge < -0.3 is 4.42 Å². The number of rotatable bonds is 5. The molecule has 1 atom stereocenters. The molecule has 2 aromatic rings. The van der Waals surface area contributed by atoms with E-state index in [-0.39, 0.29) is 6.04 Å². The minimum Gasteiger partial charge on any atom is -0.472 e. The predicted molar refractivity (Wildman–Crippen MR) is 98.0 cm³/mol. The van der Waals surface area contributed by atoms with Crippen LogP contribution in [0.4, 0.5) is 0 Å². The number of sulfonamides is 1. The second-order valence-corrected chi connectivity index (χ2v) is 8.83. The normalized spacial score (nSPS) is 18.6. The van der Waals surface area contributed by atoms with Crippen LogP contribution in [0, 0.1) is 0 Å². The van der Waals surface area contributed by atoms with Gasteiger partial charge >= 0.3 is 0 Å². The topological polar surface area (TPSA) is 53.8 Å². The van der Waals surface area contributed by atoms with E-state index in [2.05, 4.69) is 25.7 Å². The molecule has 1 aliphatic heterocycles. The lowest BCUT2D eigenvalue weighted by Crippen LogP contribution is -2.49. The van der Waals surface area contributed by atoms with Crippen molar-refractivity contribution in [3.8, 4) is 0 Å². The number of piperazine rings is 1. The molecule has 1 unspecified atom stereocenters. The van der Waals surface area contributed by atoms with E-state index in [1.54, 1.807) is 29.0 Å². The van der Waals surface area contributed by atoms with E-state index in [1.165, 1.54) is 0 Å². The molecule has 136 valence electrons. The second kappa shape index (κ2) is 7.32. The van der Waals surface area contributed by atoms with Gasteiger partial charge in [-0.15, -0.1) is 0 Å². The lowest BCUT2D eigenvalue weighted by molar-refractivity contribution is 0.145. The molecule has 1 aromatic heterocycles. The van der Waals surface area contributed by atoms with Crippen LogP contribution in [-0.4, -0.2) is 43.8 Å². The summed E-state index contributed by atoms with van der Waals surface area (Å²) in [5, 5.41) is 0. The van der Waals surface area contributed by atoms with Crippen molar-refractivity contribution in [2.45, 2.75) is 37.6 Å². The maximum Gasteiger partial charge on any atom is 0.243 e. The molecule has 0 bridgehead atoms. The van der Waals surface area contributed by atoms with Gasteiger partial charge in [-0.25, -0.2) is 8.42 Å². The summed E-state index contributed by atoms with van der Waals surface area (Å²) in [5.74, 6) is 0.393. The monoisotopic (exact) mass is 362 g/mol. The van der Waals surface area contributed by atoms with Gasteiger partial charge in [0.15, 0.2) is 0 Å². The smallest absolute Gasteiger partial charge is 0.243 e. The summed E-state index contributed by atoms with van der Waals surface area (Å²) in [6.07, 6.45) is 3.43. The zero-order valence-corrected chi connectivity index (χ0v) is 15.9. The van der Waals surface area contributed by atoms with Crippen LogP contribution in [0.2, 0.25) is 0 Å². The third-order valence-electron chi connectivity index (χ3n) is 5.03. The Kier molecular flexibility index (Phi) is 5.32. The summed E-state index contributed by atoms with van der Waals surface area (Å²) in [7, 11) is -3.42. The number of hydrogen-bond donors (Lipinski definition) is 0. The molecule has 1 saturated heterocycles. The first-order valence-electron chi connectivity index (χ1n) is 8.76. The SMILES string of the molecule is CC(C)c1ccc(S(=O)(=O)N2CCN(C(C)c3ccoc3)CC2)cc1. The lowest BCUT2D eigenvalue weighted by Gasteiger charge is -2.37. The maximum absolute atomic E-state index is 12.9. The highest BCUT2D eigenvalue weighted by Gasteiger charge is 2.30. The Labute approximate surface area is 150 Å². The van der Waals surface area contributed by atoms with Gasteiger partial charge in [0.05, 0.1) is 17.4 Å². The Bertz CT molecular complexity index is 775. The number of benzene rings is 1. The van der Waals surface area contributed by atoms with Gasteiger partial charge in [-0.1, -0.05) is 26.0 Å². The Morgan fingerprint density at radius 2 is 1.56 bits per heavy atom. The Balaban J connectivity index is 1.67. The summed E-state index contributed by atoms with van der Waals surface area (Å²) in [6, 6.07) is 9.47. The van der Waals surface area contributed by atoms with Crippen molar-refractivity contribution in [2.75, 3.05) is 26.2 Å². The highest BCUT2D eigenvalue weighted by molar-refractivity contribution is 7.89. The maximum atomic E-state index is 12.9. The summed E-state index contributed by atoms with van der Waals surface area (Å²) in [5.41, 5.74) is 2.28. The molecule has 0 aliphatic carbocycles. The number of nitrogens with zero attached hydrogens (tertiary/aromatic N) is 2. The summed E-state index contributed by atoms with van der Waals surface area (Å²) in [6.45, 7) is 8.78. The van der Waals surface area contributed by atoms with Crippen molar-refractivity contribution in [1.82, 2.24) is 9.21 Å². The third kappa shape index (κ3) is 3.81. The largest absolute Gasteiger partial charge is 0.472 e. The molecule has 0 N–H and O–H groups in total. The average Bonchev–Trinajstić information content (AvgIpc) is 3.16. The zero-order chi connectivity index (χ0) is 18.0. The van der Waals surface area contributed by atoms with Crippen LogP contribution >= 0.6 is 0 Å². The summed E-state index contributed by atoms with van der Waals surface area (Å²) in [4.78, 5) is 2.67. The first-order chi connectivity index (χ1) is 11.9. The summed E-state index contributed by atoms with van der Waals surface area (Å²) < 4.78 is 32.5. The van der Waals surface area contributed by atoms with Crippen LogP contribution in [0.25, 0.3) is 0 Å². The Hall–Kier alpha value is -1.63. The van der Waals surface area contributed by atoms with Crippen molar-refractivity contribution in [1.29, 1.82) is 0 Å². The van der Waals surface area contributed by atoms with Crippen LogP contribution in [0.15, 0.2) is 52.2 Å². The molecular weight excluding hydrogens is 336 g/mol. The van der Waals surface area contributed by atoms with E-state index < -0.39 is 10.0 Å². The molecule has 1 aromatic carbocycles. The number of hydrogen-bond acceptors (Lipinski definition) is 4. The van der Waals surface area contributed by atoms with Crippen LogP contribution in [0.1, 0.15) is 43.9 Å². The highest BCUT2D eigenvalue weighted by Crippen LogP contribution is 2.25. The second-order valence-electron chi connectivity index (χ2n) is 6.90. The van der Waals surface area contributed by atoms with E-state index in [0.29, 0.717) is 23.9 Å². The van der Waals surface area contributed by atoms with Gasteiger partial charge in [0.1, 0.15) is 0 Å². The average molecular weight is 362 g/mol. The molecular formula is C19H26N2O3S. The molecule has 6 heteroatoms. The molecule has 5 nitrogen and oxygen atoms in total. The summed E-state index contributed by atoms with van der Waals surface area (Å²) >= 11 is 0. The molecule has 2 heterocycles. The first-order valence-corrected chi connectivity index (χ1v) is 10.2. The van der Waals surface area contributed by atoms with Crippen molar-refractivity contribution in [2.24, 2.45) is 0 Å². The fraction of sp³-hybridized carbons (Fsp3) is 0.474. The predicted octanol–water partition coefficient (Wildman–Crippen LogP) is 3.47. The van der Waals surface area contributed by atoms with Crippen molar-refractivity contribution < 1.29 is 12.8 Å². The van der Waals surface area contributed by atoms with E-state index in [1.807, 2.05) is 18.2 Å². The lowest BCUT2D eigenvalue weighted by atomic mass is 10.0. The Morgan fingerprint density at radius 1 is 0.920 bits per heavy atom. The standard InChI is InChI=1S/C19H26N2O3S/c1-15(2)17-4-6-19(7-5-17)25(22,23)21-11-9-20(10-12-21)16(3)18-8-13-24-14-18/h4-8,13-16H,9-12H2,1-3H3. The fourth-order valence-corrected chi connectivity index (χ4v) is 4.65. The zero-order valence-electron chi connectivity index (χ0n) is 15.1. The van der Waals surface area contributed by atoms with Crippen molar-refractivity contribution >= 4 is 10.0 Å². The Morgan fingerprint density at radius 3 is 2.08 bits per heavy atom. The third-order valence-corrected chi connectivity index (χ3v) is 6.94. The van der Waals surface area contributed by atoms with E-state index in [4.69, 9.17) is 4.42 Å². The fourth-order valence-electron chi connectivity index (χ4n) is 3.23. The molecule has 0 saturated carbocycles. The van der Waals surface area contributed by atoms with Gasteiger partial charge in [-0.3, -0.25) is 4.90 Å². The molecule has 25 heavy (non-hydrogen) atoms. The van der Waals surface area contributed by atoms with Gasteiger partial charge in [0, 0.05) is 37.8 Å². The van der Waals surface area contributed by atoms with Crippen LogP contribution < -0.4 is 0 Å². The van der Waals surface area contributed by atoms with Crippen LogP contribution in [0.3, 0.4) is 0 Å². The number of furan rings is 1. The molecule has 0 radical (unpaired) electrons. The molecule has 0 amide bonds. The van der Waals surface area contributed by atoms with E-state index >= 15 is 0 Å². The molecule has 1 fully saturated rings. The van der Waals surface area contributed by atoms with E-state index in [9.17, 15) is 8.42 Å². The van der Waals surface area contributed by atoms with Crippen LogP contribution in [-0.2, 0) is 10.0 Å². The van der Waals surface area contributed by atoms with Gasteiger partial charge in [0.2, 0.25) is 10.0 Å². The van der Waals surface area contributed by atoms with Gasteiger partial charge in [-0.05, 0) is 36.6 Å². The van der Waals surface area contributed by atoms with Crippen molar-refractivity contribution in [3.05, 3.63) is 54.0 Å². The molecule has 3 rings (SSSR count). The van der Waals surface area contributed by atoms with Gasteiger partial charge in [0.25, 0.3) is 0 Å². The molecule has 0 spiro atoms. The minimum absolute atomic E-state index is 0.230.